The summed E-state index contributed by atoms with van der Waals surface area (Å²) in [5, 5.41) is 2.92. The van der Waals surface area contributed by atoms with Gasteiger partial charge in [0.25, 0.3) is 0 Å². The van der Waals surface area contributed by atoms with E-state index in [-0.39, 0.29) is 6.03 Å². The molecule has 0 unspecified atom stereocenters. The van der Waals surface area contributed by atoms with Crippen molar-refractivity contribution in [2.45, 2.75) is 26.2 Å². The molecular weight excluding hydrogens is 240 g/mol. The van der Waals surface area contributed by atoms with Gasteiger partial charge in [-0.1, -0.05) is 25.5 Å². The number of carbonyl (C=O) groups is 1. The van der Waals surface area contributed by atoms with Crippen molar-refractivity contribution in [1.82, 2.24) is 10.2 Å². The molecule has 0 saturated heterocycles. The molecule has 0 radical (unpaired) electrons. The fourth-order valence-corrected chi connectivity index (χ4v) is 1.74. The quantitative estimate of drug-likeness (QED) is 0.822. The monoisotopic (exact) mass is 264 g/mol. The number of hydrogen-bond acceptors (Lipinski definition) is 2. The summed E-state index contributed by atoms with van der Waals surface area (Å²) < 4.78 is 5.10. The molecule has 1 aromatic rings. The highest BCUT2D eigenvalue weighted by Gasteiger charge is 2.06. The van der Waals surface area contributed by atoms with Gasteiger partial charge in [-0.25, -0.2) is 4.79 Å². The van der Waals surface area contributed by atoms with Gasteiger partial charge in [0.15, 0.2) is 0 Å². The molecule has 1 rings (SSSR count). The third kappa shape index (κ3) is 5.64. The predicted molar refractivity (Wildman–Crippen MR) is 77.6 cm³/mol. The van der Waals surface area contributed by atoms with E-state index in [0.717, 1.165) is 31.6 Å². The standard InChI is InChI=1S/C15H24N2O2/c1-4-5-12-17(2)15(18)16-11-10-13-6-8-14(19-3)9-7-13/h6-9H,4-5,10-12H2,1-3H3,(H,16,18). The van der Waals surface area contributed by atoms with Gasteiger partial charge < -0.3 is 15.0 Å². The van der Waals surface area contributed by atoms with Crippen molar-refractivity contribution in [3.63, 3.8) is 0 Å². The number of hydrogen-bond donors (Lipinski definition) is 1. The number of urea groups is 1. The number of rotatable bonds is 7. The third-order valence-electron chi connectivity index (χ3n) is 3.04. The summed E-state index contributed by atoms with van der Waals surface area (Å²) in [5.74, 6) is 0.854. The molecule has 4 heteroatoms. The molecule has 4 nitrogen and oxygen atoms in total. The highest BCUT2D eigenvalue weighted by molar-refractivity contribution is 5.73. The van der Waals surface area contributed by atoms with Crippen LogP contribution in [0.3, 0.4) is 0 Å². The van der Waals surface area contributed by atoms with Crippen LogP contribution in [-0.2, 0) is 6.42 Å². The number of nitrogens with zero attached hydrogens (tertiary/aromatic N) is 1. The molecule has 0 aromatic heterocycles. The van der Waals surface area contributed by atoms with Crippen LogP contribution in [0.5, 0.6) is 5.75 Å². The summed E-state index contributed by atoms with van der Waals surface area (Å²) in [7, 11) is 3.49. The lowest BCUT2D eigenvalue weighted by molar-refractivity contribution is 0.208. The normalized spacial score (nSPS) is 10.1. The van der Waals surface area contributed by atoms with E-state index < -0.39 is 0 Å². The molecule has 0 bridgehead atoms. The molecule has 0 atom stereocenters. The molecule has 0 spiro atoms. The minimum atomic E-state index is 0.00182. The molecule has 1 N–H and O–H groups in total. The van der Waals surface area contributed by atoms with Gasteiger partial charge in [-0.05, 0) is 30.5 Å². The van der Waals surface area contributed by atoms with E-state index in [4.69, 9.17) is 4.74 Å². The van der Waals surface area contributed by atoms with Crippen molar-refractivity contribution >= 4 is 6.03 Å². The van der Waals surface area contributed by atoms with Crippen LogP contribution in [-0.4, -0.2) is 38.2 Å². The first-order valence-corrected chi connectivity index (χ1v) is 6.79. The lowest BCUT2D eigenvalue weighted by Crippen LogP contribution is -2.38. The second kappa shape index (κ2) is 8.40. The molecule has 2 amide bonds. The minimum absolute atomic E-state index is 0.00182. The summed E-state index contributed by atoms with van der Waals surface area (Å²) in [4.78, 5) is 13.5. The van der Waals surface area contributed by atoms with Crippen LogP contribution in [0.15, 0.2) is 24.3 Å². The first-order valence-electron chi connectivity index (χ1n) is 6.79. The van der Waals surface area contributed by atoms with Crippen molar-refractivity contribution in [3.8, 4) is 5.75 Å². The summed E-state index contributed by atoms with van der Waals surface area (Å²) in [5.41, 5.74) is 1.19. The van der Waals surface area contributed by atoms with Crippen LogP contribution in [0, 0.1) is 0 Å². The Balaban J connectivity index is 2.27. The fourth-order valence-electron chi connectivity index (χ4n) is 1.74. The van der Waals surface area contributed by atoms with E-state index >= 15 is 0 Å². The van der Waals surface area contributed by atoms with Crippen LogP contribution >= 0.6 is 0 Å². The summed E-state index contributed by atoms with van der Waals surface area (Å²) in [6, 6.07) is 7.91. The Bertz CT molecular complexity index is 376. The maximum atomic E-state index is 11.7. The van der Waals surface area contributed by atoms with Gasteiger partial charge in [0, 0.05) is 20.1 Å². The van der Waals surface area contributed by atoms with Gasteiger partial charge >= 0.3 is 6.03 Å². The van der Waals surface area contributed by atoms with Crippen molar-refractivity contribution in [1.29, 1.82) is 0 Å². The Kier molecular flexibility index (Phi) is 6.79. The van der Waals surface area contributed by atoms with Crippen molar-refractivity contribution < 1.29 is 9.53 Å². The maximum Gasteiger partial charge on any atom is 0.317 e. The first-order chi connectivity index (χ1) is 9.17. The van der Waals surface area contributed by atoms with E-state index in [1.54, 1.807) is 12.0 Å². The van der Waals surface area contributed by atoms with E-state index in [1.807, 2.05) is 31.3 Å². The Morgan fingerprint density at radius 3 is 2.58 bits per heavy atom. The molecule has 0 fully saturated rings. The smallest absolute Gasteiger partial charge is 0.317 e. The van der Waals surface area contributed by atoms with Crippen LogP contribution in [0.25, 0.3) is 0 Å². The molecule has 0 aliphatic heterocycles. The van der Waals surface area contributed by atoms with E-state index in [2.05, 4.69) is 12.2 Å². The van der Waals surface area contributed by atoms with Gasteiger partial charge in [-0.3, -0.25) is 0 Å². The highest BCUT2D eigenvalue weighted by Crippen LogP contribution is 2.11. The van der Waals surface area contributed by atoms with Gasteiger partial charge in [0.05, 0.1) is 7.11 Å². The highest BCUT2D eigenvalue weighted by atomic mass is 16.5. The number of unbranched alkanes of at least 4 members (excludes halogenated alkanes) is 1. The van der Waals surface area contributed by atoms with Gasteiger partial charge in [-0.15, -0.1) is 0 Å². The fraction of sp³-hybridized carbons (Fsp3) is 0.533. The molecule has 0 saturated carbocycles. The van der Waals surface area contributed by atoms with E-state index in [9.17, 15) is 4.79 Å². The average Bonchev–Trinajstić information content (AvgIpc) is 2.45. The largest absolute Gasteiger partial charge is 0.497 e. The molecule has 0 heterocycles. The Morgan fingerprint density at radius 1 is 1.32 bits per heavy atom. The van der Waals surface area contributed by atoms with Crippen LogP contribution < -0.4 is 10.1 Å². The zero-order valence-electron chi connectivity index (χ0n) is 12.1. The van der Waals surface area contributed by atoms with Crippen LogP contribution in [0.4, 0.5) is 4.79 Å². The summed E-state index contributed by atoms with van der Waals surface area (Å²) >= 11 is 0. The van der Waals surface area contributed by atoms with Crippen LogP contribution in [0.1, 0.15) is 25.3 Å². The number of carbonyl (C=O) groups excluding carboxylic acids is 1. The molecule has 106 valence electrons. The molecular formula is C15H24N2O2. The average molecular weight is 264 g/mol. The Morgan fingerprint density at radius 2 is 2.00 bits per heavy atom. The zero-order chi connectivity index (χ0) is 14.1. The molecule has 0 aliphatic rings. The number of amides is 2. The van der Waals surface area contributed by atoms with Crippen molar-refractivity contribution in [2.75, 3.05) is 27.2 Å². The minimum Gasteiger partial charge on any atom is -0.497 e. The SMILES string of the molecule is CCCCN(C)C(=O)NCCc1ccc(OC)cc1. The zero-order valence-corrected chi connectivity index (χ0v) is 12.1. The Hall–Kier alpha value is -1.71. The lowest BCUT2D eigenvalue weighted by atomic mass is 10.1. The summed E-state index contributed by atoms with van der Waals surface area (Å²) in [6.07, 6.45) is 2.98. The van der Waals surface area contributed by atoms with E-state index in [0.29, 0.717) is 6.54 Å². The van der Waals surface area contributed by atoms with Crippen molar-refractivity contribution in [3.05, 3.63) is 29.8 Å². The summed E-state index contributed by atoms with van der Waals surface area (Å²) in [6.45, 7) is 3.59. The second-order valence-corrected chi connectivity index (χ2v) is 4.61. The van der Waals surface area contributed by atoms with Gasteiger partial charge in [-0.2, -0.15) is 0 Å². The number of nitrogens with one attached hydrogen (secondary N) is 1. The van der Waals surface area contributed by atoms with E-state index in [1.165, 1.54) is 5.56 Å². The van der Waals surface area contributed by atoms with Gasteiger partial charge in [0.1, 0.15) is 5.75 Å². The number of methoxy groups -OCH3 is 1. The topological polar surface area (TPSA) is 41.6 Å². The number of ether oxygens (including phenoxy) is 1. The molecule has 1 aromatic carbocycles. The van der Waals surface area contributed by atoms with Gasteiger partial charge in [0.2, 0.25) is 0 Å². The molecule has 0 aliphatic carbocycles. The predicted octanol–water partition coefficient (Wildman–Crippen LogP) is 2.68. The number of benzene rings is 1. The Labute approximate surface area is 115 Å². The lowest BCUT2D eigenvalue weighted by Gasteiger charge is -2.17. The first kappa shape index (κ1) is 15.3. The third-order valence-corrected chi connectivity index (χ3v) is 3.04. The maximum absolute atomic E-state index is 11.7. The molecule has 19 heavy (non-hydrogen) atoms. The van der Waals surface area contributed by atoms with Crippen LogP contribution in [0.2, 0.25) is 0 Å². The second-order valence-electron chi connectivity index (χ2n) is 4.61. The van der Waals surface area contributed by atoms with Crippen molar-refractivity contribution in [2.24, 2.45) is 0 Å².